The van der Waals surface area contributed by atoms with Crippen LogP contribution in [0.2, 0.25) is 5.02 Å². The van der Waals surface area contributed by atoms with Crippen molar-refractivity contribution in [2.24, 2.45) is 0 Å². The minimum absolute atomic E-state index is 0.0971. The third-order valence-electron chi connectivity index (χ3n) is 4.78. The van der Waals surface area contributed by atoms with Crippen molar-refractivity contribution in [3.63, 3.8) is 0 Å². The molecule has 0 spiro atoms. The second kappa shape index (κ2) is 7.70. The highest BCUT2D eigenvalue weighted by Crippen LogP contribution is 2.31. The zero-order chi connectivity index (χ0) is 17.1. The van der Waals surface area contributed by atoms with Crippen LogP contribution in [-0.2, 0) is 6.54 Å². The number of carbonyl (C=O) groups is 1. The molecule has 2 aliphatic rings. The fourth-order valence-corrected chi connectivity index (χ4v) is 3.56. The predicted octanol–water partition coefficient (Wildman–Crippen LogP) is 3.64. The number of rotatable bonds is 6. The Morgan fingerprint density at radius 1 is 1.42 bits per heavy atom. The molecule has 3 rings (SSSR count). The van der Waals surface area contributed by atoms with Crippen molar-refractivity contribution in [3.8, 4) is 0 Å². The molecular formula is C18H25ClFN3O. The van der Waals surface area contributed by atoms with E-state index in [-0.39, 0.29) is 30.5 Å². The molecule has 0 bridgehead atoms. The molecule has 6 heteroatoms. The largest absolute Gasteiger partial charge is 0.334 e. The van der Waals surface area contributed by atoms with Crippen molar-refractivity contribution < 1.29 is 9.18 Å². The zero-order valence-electron chi connectivity index (χ0n) is 14.1. The molecule has 1 aliphatic carbocycles. The van der Waals surface area contributed by atoms with Crippen molar-refractivity contribution in [2.75, 3.05) is 19.6 Å². The number of likely N-dealkylation sites (tertiary alicyclic amines) is 1. The van der Waals surface area contributed by atoms with Gasteiger partial charge in [0.2, 0.25) is 0 Å². The molecule has 2 amide bonds. The molecule has 1 atom stereocenters. The first-order valence-electron chi connectivity index (χ1n) is 8.81. The van der Waals surface area contributed by atoms with E-state index in [1.54, 1.807) is 17.0 Å². The summed E-state index contributed by atoms with van der Waals surface area (Å²) in [5.41, 5.74) is 0.403. The number of halogens is 2. The van der Waals surface area contributed by atoms with E-state index in [4.69, 9.17) is 11.6 Å². The average Bonchev–Trinajstić information content (AvgIpc) is 3.28. The molecule has 1 aliphatic heterocycles. The van der Waals surface area contributed by atoms with Gasteiger partial charge in [-0.2, -0.15) is 0 Å². The Bertz CT molecular complexity index is 573. The summed E-state index contributed by atoms with van der Waals surface area (Å²) in [5, 5.41) is 3.51. The first-order valence-corrected chi connectivity index (χ1v) is 9.18. The van der Waals surface area contributed by atoms with Crippen LogP contribution in [-0.4, -0.2) is 47.5 Å². The molecule has 1 saturated heterocycles. The molecule has 1 aromatic rings. The van der Waals surface area contributed by atoms with Crippen LogP contribution in [0.15, 0.2) is 18.2 Å². The Balaban J connectivity index is 1.62. The quantitative estimate of drug-likeness (QED) is 0.847. The van der Waals surface area contributed by atoms with E-state index < -0.39 is 0 Å². The smallest absolute Gasteiger partial charge is 0.318 e. The second-order valence-electron chi connectivity index (χ2n) is 6.79. The summed E-state index contributed by atoms with van der Waals surface area (Å²) in [6.07, 6.45) is 4.06. The summed E-state index contributed by atoms with van der Waals surface area (Å²) >= 11 is 6.12. The van der Waals surface area contributed by atoms with E-state index in [1.165, 1.54) is 6.07 Å². The summed E-state index contributed by atoms with van der Waals surface area (Å²) in [6, 6.07) is 4.94. The van der Waals surface area contributed by atoms with Gasteiger partial charge >= 0.3 is 6.03 Å². The second-order valence-corrected chi connectivity index (χ2v) is 7.20. The molecule has 1 saturated carbocycles. The number of nitrogens with zero attached hydrogens (tertiary/aromatic N) is 2. The van der Waals surface area contributed by atoms with Crippen LogP contribution >= 0.6 is 11.6 Å². The third-order valence-corrected chi connectivity index (χ3v) is 5.13. The van der Waals surface area contributed by atoms with Gasteiger partial charge in [-0.15, -0.1) is 0 Å². The van der Waals surface area contributed by atoms with E-state index in [9.17, 15) is 9.18 Å². The van der Waals surface area contributed by atoms with Crippen molar-refractivity contribution in [1.29, 1.82) is 0 Å². The molecular weight excluding hydrogens is 329 g/mol. The zero-order valence-corrected chi connectivity index (χ0v) is 14.9. The van der Waals surface area contributed by atoms with Gasteiger partial charge in [0, 0.05) is 35.8 Å². The Morgan fingerprint density at radius 3 is 2.88 bits per heavy atom. The fourth-order valence-electron chi connectivity index (χ4n) is 3.33. The van der Waals surface area contributed by atoms with Gasteiger partial charge < -0.3 is 15.1 Å². The highest BCUT2D eigenvalue weighted by Gasteiger charge is 2.35. The molecule has 0 radical (unpaired) electrons. The number of urea groups is 1. The Labute approximate surface area is 147 Å². The molecule has 0 aromatic heterocycles. The molecule has 0 unspecified atom stereocenters. The van der Waals surface area contributed by atoms with Crippen LogP contribution in [0.4, 0.5) is 9.18 Å². The number of hydrogen-bond donors (Lipinski definition) is 1. The normalized spacial score (nSPS) is 21.0. The average molecular weight is 354 g/mol. The first kappa shape index (κ1) is 17.5. The summed E-state index contributed by atoms with van der Waals surface area (Å²) in [7, 11) is 0. The fraction of sp³-hybridized carbons (Fsp3) is 0.611. The Morgan fingerprint density at radius 2 is 2.21 bits per heavy atom. The van der Waals surface area contributed by atoms with E-state index in [0.717, 1.165) is 45.3 Å². The summed E-state index contributed by atoms with van der Waals surface area (Å²) < 4.78 is 14.0. The minimum Gasteiger partial charge on any atom is -0.334 e. The molecule has 132 valence electrons. The van der Waals surface area contributed by atoms with Gasteiger partial charge in [-0.25, -0.2) is 9.18 Å². The maximum absolute atomic E-state index is 14.0. The molecule has 1 N–H and O–H groups in total. The standard InChI is InChI=1S/C18H25ClFN3O/c1-2-9-22-10-8-13(11-22)21-18(24)23(14-6-7-14)12-15-16(19)4-3-5-17(15)20/h3-5,13-14H,2,6-12H2,1H3,(H,21,24)/t13-/m1/s1. The van der Waals surface area contributed by atoms with Crippen molar-refractivity contribution in [1.82, 2.24) is 15.1 Å². The lowest BCUT2D eigenvalue weighted by atomic mass is 10.2. The lowest BCUT2D eigenvalue weighted by Gasteiger charge is -2.26. The maximum Gasteiger partial charge on any atom is 0.318 e. The number of nitrogens with one attached hydrogen (secondary N) is 1. The molecule has 2 fully saturated rings. The number of benzene rings is 1. The topological polar surface area (TPSA) is 35.6 Å². The van der Waals surface area contributed by atoms with Crippen molar-refractivity contribution >= 4 is 17.6 Å². The van der Waals surface area contributed by atoms with E-state index >= 15 is 0 Å². The third kappa shape index (κ3) is 4.19. The van der Waals surface area contributed by atoms with Crippen LogP contribution < -0.4 is 5.32 Å². The maximum atomic E-state index is 14.0. The minimum atomic E-state index is -0.351. The Hall–Kier alpha value is -1.33. The number of carbonyl (C=O) groups excluding carboxylic acids is 1. The number of amides is 2. The van der Waals surface area contributed by atoms with Gasteiger partial charge in [0.05, 0.1) is 6.54 Å². The monoisotopic (exact) mass is 353 g/mol. The first-order chi connectivity index (χ1) is 11.6. The molecule has 1 heterocycles. The van der Waals surface area contributed by atoms with Crippen LogP contribution in [0.25, 0.3) is 0 Å². The van der Waals surface area contributed by atoms with E-state index in [2.05, 4.69) is 17.1 Å². The van der Waals surface area contributed by atoms with Crippen molar-refractivity contribution in [3.05, 3.63) is 34.6 Å². The van der Waals surface area contributed by atoms with Crippen molar-refractivity contribution in [2.45, 2.75) is 51.2 Å². The van der Waals surface area contributed by atoms with Crippen LogP contribution in [0.1, 0.15) is 38.2 Å². The number of hydrogen-bond acceptors (Lipinski definition) is 2. The lowest BCUT2D eigenvalue weighted by molar-refractivity contribution is 0.187. The highest BCUT2D eigenvalue weighted by molar-refractivity contribution is 6.31. The van der Waals surface area contributed by atoms with Gasteiger partial charge in [-0.1, -0.05) is 24.6 Å². The molecule has 1 aromatic carbocycles. The van der Waals surface area contributed by atoms with Gasteiger partial charge in [-0.3, -0.25) is 0 Å². The summed E-state index contributed by atoms with van der Waals surface area (Å²) in [6.45, 7) is 5.40. The van der Waals surface area contributed by atoms with Gasteiger partial charge in [0.1, 0.15) is 5.82 Å². The van der Waals surface area contributed by atoms with Gasteiger partial charge in [0.25, 0.3) is 0 Å². The molecule has 4 nitrogen and oxygen atoms in total. The predicted molar refractivity (Wildman–Crippen MR) is 93.6 cm³/mol. The van der Waals surface area contributed by atoms with Crippen LogP contribution in [0.5, 0.6) is 0 Å². The molecule has 24 heavy (non-hydrogen) atoms. The summed E-state index contributed by atoms with van der Waals surface area (Å²) in [4.78, 5) is 16.8. The van der Waals surface area contributed by atoms with Gasteiger partial charge in [0.15, 0.2) is 0 Å². The summed E-state index contributed by atoms with van der Waals surface area (Å²) in [5.74, 6) is -0.351. The van der Waals surface area contributed by atoms with Crippen LogP contribution in [0, 0.1) is 5.82 Å². The Kier molecular flexibility index (Phi) is 5.61. The van der Waals surface area contributed by atoms with Crippen LogP contribution in [0.3, 0.4) is 0 Å². The van der Waals surface area contributed by atoms with E-state index in [1.807, 2.05) is 0 Å². The SMILES string of the molecule is CCCN1CC[C@@H](NC(=O)N(Cc2c(F)cccc2Cl)C2CC2)C1. The lowest BCUT2D eigenvalue weighted by Crippen LogP contribution is -2.46. The van der Waals surface area contributed by atoms with Gasteiger partial charge in [-0.05, 0) is 44.4 Å². The highest BCUT2D eigenvalue weighted by atomic mass is 35.5. The van der Waals surface area contributed by atoms with E-state index in [0.29, 0.717) is 10.6 Å².